The van der Waals surface area contributed by atoms with Gasteiger partial charge in [-0.15, -0.1) is 11.8 Å². The molecule has 0 aliphatic carbocycles. The number of rotatable bonds is 7. The van der Waals surface area contributed by atoms with Gasteiger partial charge in [0.15, 0.2) is 0 Å². The third-order valence-electron chi connectivity index (χ3n) is 7.37. The van der Waals surface area contributed by atoms with Crippen molar-refractivity contribution >= 4 is 64.0 Å². The lowest BCUT2D eigenvalue weighted by molar-refractivity contribution is -0.137. The summed E-state index contributed by atoms with van der Waals surface area (Å²) in [5, 5.41) is -0.260. The summed E-state index contributed by atoms with van der Waals surface area (Å²) >= 11 is 1.11. The Labute approximate surface area is 259 Å². The standard InChI is InChI=1S/C28H26B3F5N4O3S/c1-14-10-38(11-15(2)39(14)26(41)21(29)24(30)31)25-19-9-20(28(34,35)36)18(6-4-5-16(33)7-8-32)23-22(19)40(27(42)37-25)17(12-43-3)13-44-23/h4-9,14-15,17H,10-13H2,1-3H3/b6-4+,8-7+,16-5+. The SMILES string of the molecule is [B]C([B])=C([B])C(=O)N1C(C)CN(c2nc(=O)n3c4c(c(/C=C/C=C(F)\C=C\F)c(C(F)(F)F)cc24)SCC3COC)CC1C. The maximum Gasteiger partial charge on any atom is 0.417 e. The maximum atomic E-state index is 14.6. The number of methoxy groups -OCH3 is 1. The molecule has 226 valence electrons. The van der Waals surface area contributed by atoms with E-state index in [0.29, 0.717) is 6.08 Å². The van der Waals surface area contributed by atoms with Gasteiger partial charge < -0.3 is 14.5 Å². The number of benzene rings is 1. The number of thioether (sulfide) groups is 1. The summed E-state index contributed by atoms with van der Waals surface area (Å²) in [6, 6.07) is -0.637. The summed E-state index contributed by atoms with van der Waals surface area (Å²) in [5.74, 6) is -1.36. The Morgan fingerprint density at radius 1 is 1.20 bits per heavy atom. The maximum absolute atomic E-state index is 14.6. The quantitative estimate of drug-likeness (QED) is 0.199. The second-order valence-corrected chi connectivity index (χ2v) is 11.5. The number of hydrogen-bond acceptors (Lipinski definition) is 6. The van der Waals surface area contributed by atoms with E-state index >= 15 is 0 Å². The largest absolute Gasteiger partial charge is 0.417 e. The van der Waals surface area contributed by atoms with E-state index < -0.39 is 47.3 Å². The third kappa shape index (κ3) is 6.56. The molecule has 2 aromatic rings. The molecule has 0 spiro atoms. The Kier molecular flexibility index (Phi) is 10.2. The summed E-state index contributed by atoms with van der Waals surface area (Å²) in [5.41, 5.74) is -2.08. The monoisotopic (exact) mass is 626 g/mol. The predicted molar refractivity (Wildman–Crippen MR) is 163 cm³/mol. The number of carbonyl (C=O) groups excluding carboxylic acids is 1. The van der Waals surface area contributed by atoms with Gasteiger partial charge in [-0.3, -0.25) is 9.36 Å². The van der Waals surface area contributed by atoms with Crippen molar-refractivity contribution in [3.8, 4) is 0 Å². The van der Waals surface area contributed by atoms with Crippen molar-refractivity contribution in [1.82, 2.24) is 14.5 Å². The summed E-state index contributed by atoms with van der Waals surface area (Å²) < 4.78 is 76.4. The van der Waals surface area contributed by atoms with Crippen molar-refractivity contribution in [2.75, 3.05) is 37.5 Å². The van der Waals surface area contributed by atoms with Gasteiger partial charge >= 0.3 is 11.9 Å². The van der Waals surface area contributed by atoms with Gasteiger partial charge in [-0.05, 0) is 26.0 Å². The van der Waals surface area contributed by atoms with Gasteiger partial charge in [0.2, 0.25) is 5.91 Å². The van der Waals surface area contributed by atoms with Gasteiger partial charge in [0.05, 0.1) is 45.8 Å². The fourth-order valence-electron chi connectivity index (χ4n) is 5.58. The van der Waals surface area contributed by atoms with E-state index in [0.717, 1.165) is 36.1 Å². The number of anilines is 1. The van der Waals surface area contributed by atoms with E-state index in [1.165, 1.54) is 16.6 Å². The summed E-state index contributed by atoms with van der Waals surface area (Å²) in [4.78, 5) is 34.1. The molecular weight excluding hydrogens is 600 g/mol. The van der Waals surface area contributed by atoms with Crippen LogP contribution in [-0.4, -0.2) is 88.5 Å². The number of carbonyl (C=O) groups is 1. The van der Waals surface area contributed by atoms with Crippen LogP contribution in [0.3, 0.4) is 0 Å². The van der Waals surface area contributed by atoms with Crippen LogP contribution in [0.25, 0.3) is 17.0 Å². The van der Waals surface area contributed by atoms with Crippen LogP contribution in [0.4, 0.5) is 27.8 Å². The van der Waals surface area contributed by atoms with Crippen molar-refractivity contribution in [3.05, 3.63) is 68.9 Å². The highest BCUT2D eigenvalue weighted by atomic mass is 32.2. The van der Waals surface area contributed by atoms with E-state index in [1.54, 1.807) is 18.7 Å². The molecule has 16 heteroatoms. The zero-order valence-corrected chi connectivity index (χ0v) is 24.9. The molecule has 0 N–H and O–H groups in total. The number of amides is 1. The van der Waals surface area contributed by atoms with Crippen LogP contribution in [0.5, 0.6) is 0 Å². The molecule has 4 rings (SSSR count). The molecule has 1 aromatic carbocycles. The fraction of sp³-hybridized carbons (Fsp3) is 0.393. The summed E-state index contributed by atoms with van der Waals surface area (Å²) in [7, 11) is 18.3. The molecule has 6 radical (unpaired) electrons. The number of hydrogen-bond donors (Lipinski definition) is 0. The Balaban J connectivity index is 1.95. The first kappa shape index (κ1) is 33.6. The van der Waals surface area contributed by atoms with E-state index in [2.05, 4.69) is 4.98 Å². The van der Waals surface area contributed by atoms with Crippen molar-refractivity contribution in [2.24, 2.45) is 0 Å². The molecule has 7 nitrogen and oxygen atoms in total. The first-order chi connectivity index (χ1) is 20.7. The normalized spacial score (nSPS) is 21.1. The Bertz CT molecular complexity index is 1630. The van der Waals surface area contributed by atoms with Crippen LogP contribution in [0.2, 0.25) is 0 Å². The lowest BCUT2D eigenvalue weighted by Crippen LogP contribution is -2.59. The second-order valence-electron chi connectivity index (χ2n) is 10.5. The lowest BCUT2D eigenvalue weighted by Gasteiger charge is -2.45. The Morgan fingerprint density at radius 3 is 2.43 bits per heavy atom. The van der Waals surface area contributed by atoms with Crippen LogP contribution in [0.1, 0.15) is 31.0 Å². The molecule has 0 saturated carbocycles. The van der Waals surface area contributed by atoms with Gasteiger partial charge in [0, 0.05) is 60.0 Å². The third-order valence-corrected chi connectivity index (χ3v) is 8.62. The number of allylic oxidation sites excluding steroid dienone is 4. The number of piperazine rings is 1. The van der Waals surface area contributed by atoms with E-state index in [4.69, 9.17) is 28.3 Å². The first-order valence-corrected chi connectivity index (χ1v) is 14.4. The van der Waals surface area contributed by atoms with E-state index in [1.807, 2.05) is 0 Å². The second kappa shape index (κ2) is 13.4. The van der Waals surface area contributed by atoms with Gasteiger partial charge in [0.1, 0.15) is 19.5 Å². The van der Waals surface area contributed by atoms with Gasteiger partial charge in [-0.25, -0.2) is 13.6 Å². The van der Waals surface area contributed by atoms with Gasteiger partial charge in [-0.2, -0.15) is 23.5 Å². The molecule has 3 atom stereocenters. The predicted octanol–water partition coefficient (Wildman–Crippen LogP) is 4.16. The molecule has 1 aromatic heterocycles. The molecule has 1 fully saturated rings. The molecule has 0 bridgehead atoms. The topological polar surface area (TPSA) is 67.7 Å². The minimum Gasteiger partial charge on any atom is -0.383 e. The number of alkyl halides is 3. The van der Waals surface area contributed by atoms with Crippen molar-refractivity contribution in [3.63, 3.8) is 0 Å². The van der Waals surface area contributed by atoms with Crippen molar-refractivity contribution < 1.29 is 31.5 Å². The van der Waals surface area contributed by atoms with Crippen LogP contribution in [0, 0.1) is 0 Å². The number of ether oxygens (including phenoxy) is 1. The Hall–Kier alpha value is -3.26. The fourth-order valence-corrected chi connectivity index (χ4v) is 6.86. The summed E-state index contributed by atoms with van der Waals surface area (Å²) in [6.07, 6.45) is -1.41. The number of halogens is 5. The van der Waals surface area contributed by atoms with Crippen LogP contribution >= 0.6 is 11.8 Å². The zero-order valence-electron chi connectivity index (χ0n) is 24.1. The molecule has 3 unspecified atom stereocenters. The molecule has 1 saturated heterocycles. The highest BCUT2D eigenvalue weighted by Gasteiger charge is 2.40. The Morgan fingerprint density at radius 2 is 1.86 bits per heavy atom. The molecule has 2 aliphatic rings. The highest BCUT2D eigenvalue weighted by Crippen LogP contribution is 2.46. The van der Waals surface area contributed by atoms with Gasteiger partial charge in [-0.1, -0.05) is 17.6 Å². The van der Waals surface area contributed by atoms with Crippen LogP contribution in [-0.2, 0) is 15.7 Å². The van der Waals surface area contributed by atoms with Crippen molar-refractivity contribution in [2.45, 2.75) is 43.0 Å². The molecular formula is C28H26B3F5N4O3S. The number of aromatic nitrogens is 2. The minimum absolute atomic E-state index is 0.0221. The summed E-state index contributed by atoms with van der Waals surface area (Å²) in [6.45, 7) is 3.76. The van der Waals surface area contributed by atoms with Crippen molar-refractivity contribution in [1.29, 1.82) is 0 Å². The van der Waals surface area contributed by atoms with Gasteiger partial charge in [0.25, 0.3) is 0 Å². The smallest absolute Gasteiger partial charge is 0.383 e. The first-order valence-electron chi connectivity index (χ1n) is 13.4. The average Bonchev–Trinajstić information content (AvgIpc) is 2.94. The average molecular weight is 626 g/mol. The lowest BCUT2D eigenvalue weighted by atomic mass is 9.69. The molecule has 1 amide bonds. The van der Waals surface area contributed by atoms with Crippen LogP contribution < -0.4 is 10.6 Å². The number of nitrogens with zero attached hydrogens (tertiary/aromatic N) is 4. The minimum atomic E-state index is -4.84. The van der Waals surface area contributed by atoms with E-state index in [-0.39, 0.29) is 69.8 Å². The van der Waals surface area contributed by atoms with E-state index in [9.17, 15) is 31.5 Å². The molecule has 2 aliphatic heterocycles. The molecule has 3 heterocycles. The zero-order chi connectivity index (χ0) is 32.5. The van der Waals surface area contributed by atoms with Crippen LogP contribution in [0.15, 0.2) is 57.0 Å². The molecule has 44 heavy (non-hydrogen) atoms. The highest BCUT2D eigenvalue weighted by molar-refractivity contribution is 7.99.